The zero-order valence-corrected chi connectivity index (χ0v) is 10.2. The number of anilines is 2. The first-order valence-corrected chi connectivity index (χ1v) is 5.65. The van der Waals surface area contributed by atoms with E-state index in [2.05, 4.69) is 16.9 Å². The van der Waals surface area contributed by atoms with E-state index in [0.29, 0.717) is 18.2 Å². The minimum atomic E-state index is 0.468. The van der Waals surface area contributed by atoms with Gasteiger partial charge in [-0.15, -0.1) is 0 Å². The molecule has 1 aromatic rings. The molecule has 5 nitrogen and oxygen atoms in total. The van der Waals surface area contributed by atoms with E-state index in [-0.39, 0.29) is 0 Å². The van der Waals surface area contributed by atoms with Gasteiger partial charge in [0, 0.05) is 13.6 Å². The summed E-state index contributed by atoms with van der Waals surface area (Å²) in [6.07, 6.45) is 3.75. The van der Waals surface area contributed by atoms with Crippen LogP contribution in [0.5, 0.6) is 5.88 Å². The molecule has 0 aliphatic rings. The quantitative estimate of drug-likeness (QED) is 0.796. The summed E-state index contributed by atoms with van der Waals surface area (Å²) in [5.41, 5.74) is 6.47. The fraction of sp³-hybridized carbons (Fsp3) is 0.636. The molecule has 2 N–H and O–H groups in total. The van der Waals surface area contributed by atoms with Crippen molar-refractivity contribution in [3.05, 3.63) is 6.33 Å². The third-order valence-corrected chi connectivity index (χ3v) is 2.32. The van der Waals surface area contributed by atoms with Gasteiger partial charge in [0.15, 0.2) is 5.82 Å². The highest BCUT2D eigenvalue weighted by molar-refractivity contribution is 5.67. The third-order valence-electron chi connectivity index (χ3n) is 2.32. The Morgan fingerprint density at radius 2 is 2.12 bits per heavy atom. The molecule has 1 rings (SSSR count). The minimum absolute atomic E-state index is 0.468. The smallest absolute Gasteiger partial charge is 0.242 e. The Balaban J connectivity index is 2.82. The lowest BCUT2D eigenvalue weighted by molar-refractivity contribution is 0.328. The van der Waals surface area contributed by atoms with Crippen LogP contribution in [0.25, 0.3) is 0 Å². The average molecular weight is 224 g/mol. The Kier molecular flexibility index (Phi) is 4.82. The van der Waals surface area contributed by atoms with Crippen molar-refractivity contribution in [1.29, 1.82) is 0 Å². The number of nitrogen functional groups attached to an aromatic ring is 1. The number of ether oxygens (including phenoxy) is 1. The summed E-state index contributed by atoms with van der Waals surface area (Å²) in [7, 11) is 1.98. The molecular weight excluding hydrogens is 204 g/mol. The molecule has 0 saturated carbocycles. The van der Waals surface area contributed by atoms with Crippen molar-refractivity contribution in [2.24, 2.45) is 0 Å². The van der Waals surface area contributed by atoms with Crippen LogP contribution in [0.1, 0.15) is 26.7 Å². The molecule has 1 heterocycles. The Morgan fingerprint density at radius 3 is 2.75 bits per heavy atom. The second kappa shape index (κ2) is 6.15. The molecule has 0 unspecified atom stereocenters. The van der Waals surface area contributed by atoms with Crippen LogP contribution in [0.15, 0.2) is 6.33 Å². The summed E-state index contributed by atoms with van der Waals surface area (Å²) in [6, 6.07) is 0. The summed E-state index contributed by atoms with van der Waals surface area (Å²) in [5.74, 6) is 1.21. The number of hydrogen-bond acceptors (Lipinski definition) is 5. The zero-order chi connectivity index (χ0) is 12.0. The first-order chi connectivity index (χ1) is 7.70. The molecule has 0 amide bonds. The molecule has 0 aromatic carbocycles. The highest BCUT2D eigenvalue weighted by atomic mass is 16.5. The standard InChI is InChI=1S/C11H20N4O/c1-4-6-7-15(3)10-9(12)11(16-5-2)14-8-13-10/h8H,4-7,12H2,1-3H3. The highest BCUT2D eigenvalue weighted by Gasteiger charge is 2.12. The maximum absolute atomic E-state index is 5.95. The van der Waals surface area contributed by atoms with E-state index in [9.17, 15) is 0 Å². The summed E-state index contributed by atoms with van der Waals surface area (Å²) in [4.78, 5) is 10.2. The van der Waals surface area contributed by atoms with Gasteiger partial charge >= 0.3 is 0 Å². The monoisotopic (exact) mass is 224 g/mol. The van der Waals surface area contributed by atoms with E-state index in [0.717, 1.165) is 25.2 Å². The van der Waals surface area contributed by atoms with Crippen LogP contribution in [0, 0.1) is 0 Å². The van der Waals surface area contributed by atoms with Gasteiger partial charge in [-0.2, -0.15) is 4.98 Å². The van der Waals surface area contributed by atoms with Gasteiger partial charge in [0.1, 0.15) is 12.0 Å². The predicted molar refractivity (Wildman–Crippen MR) is 65.8 cm³/mol. The number of rotatable bonds is 6. The van der Waals surface area contributed by atoms with Crippen LogP contribution in [0.3, 0.4) is 0 Å². The molecule has 0 bridgehead atoms. The molecular formula is C11H20N4O. The fourth-order valence-corrected chi connectivity index (χ4v) is 1.43. The molecule has 0 fully saturated rings. The van der Waals surface area contributed by atoms with E-state index in [1.54, 1.807) is 0 Å². The number of nitrogens with zero attached hydrogens (tertiary/aromatic N) is 3. The Labute approximate surface area is 96.6 Å². The largest absolute Gasteiger partial charge is 0.476 e. The van der Waals surface area contributed by atoms with Gasteiger partial charge in [-0.25, -0.2) is 4.98 Å². The lowest BCUT2D eigenvalue weighted by Crippen LogP contribution is -2.21. The second-order valence-electron chi connectivity index (χ2n) is 3.62. The van der Waals surface area contributed by atoms with Crippen LogP contribution in [-0.4, -0.2) is 30.2 Å². The van der Waals surface area contributed by atoms with E-state index in [1.165, 1.54) is 6.33 Å². The number of unbranched alkanes of at least 4 members (excludes halogenated alkanes) is 1. The van der Waals surface area contributed by atoms with Crippen LogP contribution in [-0.2, 0) is 0 Å². The summed E-state index contributed by atoms with van der Waals surface area (Å²) < 4.78 is 5.33. The maximum atomic E-state index is 5.95. The van der Waals surface area contributed by atoms with E-state index < -0.39 is 0 Å². The van der Waals surface area contributed by atoms with Crippen molar-refractivity contribution in [3.63, 3.8) is 0 Å². The second-order valence-corrected chi connectivity index (χ2v) is 3.62. The number of aromatic nitrogens is 2. The van der Waals surface area contributed by atoms with Gasteiger partial charge in [-0.05, 0) is 13.3 Å². The van der Waals surface area contributed by atoms with Gasteiger partial charge in [-0.1, -0.05) is 13.3 Å². The van der Waals surface area contributed by atoms with Crippen LogP contribution < -0.4 is 15.4 Å². The average Bonchev–Trinajstić information content (AvgIpc) is 2.29. The molecule has 5 heteroatoms. The highest BCUT2D eigenvalue weighted by Crippen LogP contribution is 2.26. The molecule has 0 aliphatic carbocycles. The maximum Gasteiger partial charge on any atom is 0.242 e. The molecule has 0 spiro atoms. The molecule has 16 heavy (non-hydrogen) atoms. The Bertz CT molecular complexity index is 330. The topological polar surface area (TPSA) is 64.3 Å². The fourth-order valence-electron chi connectivity index (χ4n) is 1.43. The van der Waals surface area contributed by atoms with Gasteiger partial charge in [0.25, 0.3) is 0 Å². The SMILES string of the molecule is CCCCN(C)c1ncnc(OCC)c1N. The Hall–Kier alpha value is -1.52. The normalized spacial score (nSPS) is 10.2. The van der Waals surface area contributed by atoms with Gasteiger partial charge in [0.2, 0.25) is 5.88 Å². The van der Waals surface area contributed by atoms with Gasteiger partial charge in [0.05, 0.1) is 6.61 Å². The van der Waals surface area contributed by atoms with Crippen molar-refractivity contribution in [2.75, 3.05) is 30.8 Å². The molecule has 0 aliphatic heterocycles. The van der Waals surface area contributed by atoms with E-state index in [4.69, 9.17) is 10.5 Å². The minimum Gasteiger partial charge on any atom is -0.476 e. The van der Waals surface area contributed by atoms with Crippen molar-refractivity contribution < 1.29 is 4.74 Å². The number of hydrogen-bond donors (Lipinski definition) is 1. The number of nitrogens with two attached hydrogens (primary N) is 1. The predicted octanol–water partition coefficient (Wildman–Crippen LogP) is 1.69. The molecule has 1 aromatic heterocycles. The van der Waals surface area contributed by atoms with Crippen molar-refractivity contribution >= 4 is 11.5 Å². The Morgan fingerprint density at radius 1 is 1.38 bits per heavy atom. The van der Waals surface area contributed by atoms with Gasteiger partial charge < -0.3 is 15.4 Å². The first kappa shape index (κ1) is 12.5. The lowest BCUT2D eigenvalue weighted by atomic mass is 10.3. The summed E-state index contributed by atoms with van der Waals surface area (Å²) >= 11 is 0. The van der Waals surface area contributed by atoms with Gasteiger partial charge in [-0.3, -0.25) is 0 Å². The van der Waals surface area contributed by atoms with Crippen LogP contribution in [0.4, 0.5) is 11.5 Å². The first-order valence-electron chi connectivity index (χ1n) is 5.65. The molecule has 0 radical (unpaired) electrons. The summed E-state index contributed by atoms with van der Waals surface area (Å²) in [5, 5.41) is 0. The third kappa shape index (κ3) is 2.98. The molecule has 90 valence electrons. The van der Waals surface area contributed by atoms with E-state index >= 15 is 0 Å². The van der Waals surface area contributed by atoms with E-state index in [1.807, 2.05) is 18.9 Å². The zero-order valence-electron chi connectivity index (χ0n) is 10.2. The molecule has 0 saturated heterocycles. The van der Waals surface area contributed by atoms with Crippen LogP contribution >= 0.6 is 0 Å². The molecule has 0 atom stereocenters. The van der Waals surface area contributed by atoms with Crippen molar-refractivity contribution in [1.82, 2.24) is 9.97 Å². The van der Waals surface area contributed by atoms with Crippen molar-refractivity contribution in [2.45, 2.75) is 26.7 Å². The van der Waals surface area contributed by atoms with Crippen molar-refractivity contribution in [3.8, 4) is 5.88 Å². The summed E-state index contributed by atoms with van der Waals surface area (Å²) in [6.45, 7) is 5.55. The van der Waals surface area contributed by atoms with Crippen LogP contribution in [0.2, 0.25) is 0 Å². The lowest BCUT2D eigenvalue weighted by Gasteiger charge is -2.20.